The molecule has 1 heterocycles. The number of phenols is 1. The van der Waals surface area contributed by atoms with E-state index in [1.165, 1.54) is 7.11 Å². The number of hydrogen-bond acceptors (Lipinski definition) is 4. The lowest BCUT2D eigenvalue weighted by atomic mass is 10.1. The van der Waals surface area contributed by atoms with Gasteiger partial charge in [-0.25, -0.2) is 9.78 Å². The number of benzene rings is 2. The van der Waals surface area contributed by atoms with E-state index in [1.807, 2.05) is 41.6 Å². The van der Waals surface area contributed by atoms with Crippen molar-refractivity contribution in [1.29, 1.82) is 0 Å². The normalized spacial score (nSPS) is 13.2. The van der Waals surface area contributed by atoms with Gasteiger partial charge >= 0.3 is 6.03 Å². The highest BCUT2D eigenvalue weighted by Gasteiger charge is 2.32. The molecule has 0 atom stereocenters. The SMILES string of the molecule is COc1cc(CN(C(=O)Nc2cccc(Cn3ccnc3C(C)C)c2)C2CC2)ccc1O. The third-order valence-electron chi connectivity index (χ3n) is 5.64. The number of anilines is 1. The minimum absolute atomic E-state index is 0.0917. The summed E-state index contributed by atoms with van der Waals surface area (Å²) < 4.78 is 7.34. The maximum absolute atomic E-state index is 13.1. The Morgan fingerprint density at radius 2 is 2.06 bits per heavy atom. The van der Waals surface area contributed by atoms with E-state index in [1.54, 1.807) is 12.1 Å². The first kappa shape index (κ1) is 21.7. The third-order valence-corrected chi connectivity index (χ3v) is 5.64. The minimum atomic E-state index is -0.123. The van der Waals surface area contributed by atoms with Crippen LogP contribution in [-0.4, -0.2) is 38.7 Å². The number of aromatic hydroxyl groups is 1. The number of hydrogen-bond donors (Lipinski definition) is 2. The molecule has 0 unspecified atom stereocenters. The maximum atomic E-state index is 13.1. The second-order valence-electron chi connectivity index (χ2n) is 8.56. The van der Waals surface area contributed by atoms with Gasteiger partial charge in [0.15, 0.2) is 11.5 Å². The standard InChI is InChI=1S/C25H30N4O3/c1-17(2)24-26-11-12-28(24)15-18-5-4-6-20(13-18)27-25(31)29(21-8-9-21)16-19-7-10-22(30)23(14-19)32-3/h4-7,10-14,17,21,30H,8-9,15-16H2,1-3H3,(H,27,31). The molecule has 3 aromatic rings. The van der Waals surface area contributed by atoms with Crippen molar-refractivity contribution in [2.24, 2.45) is 0 Å². The first-order chi connectivity index (χ1) is 15.4. The maximum Gasteiger partial charge on any atom is 0.322 e. The van der Waals surface area contributed by atoms with E-state index in [9.17, 15) is 9.90 Å². The zero-order valence-corrected chi connectivity index (χ0v) is 18.8. The molecule has 1 fully saturated rings. The Hall–Kier alpha value is -3.48. The molecule has 2 aromatic carbocycles. The molecule has 0 spiro atoms. The average molecular weight is 435 g/mol. The smallest absolute Gasteiger partial charge is 0.322 e. The molecule has 0 aliphatic heterocycles. The predicted molar refractivity (Wildman–Crippen MR) is 124 cm³/mol. The van der Waals surface area contributed by atoms with Crippen molar-refractivity contribution in [3.05, 3.63) is 71.8 Å². The molecule has 2 N–H and O–H groups in total. The Balaban J connectivity index is 1.46. The Kier molecular flexibility index (Phi) is 6.35. The van der Waals surface area contributed by atoms with Gasteiger partial charge in [0.25, 0.3) is 0 Å². The largest absolute Gasteiger partial charge is 0.504 e. The Morgan fingerprint density at radius 3 is 2.78 bits per heavy atom. The fraction of sp³-hybridized carbons (Fsp3) is 0.360. The fourth-order valence-electron chi connectivity index (χ4n) is 3.86. The van der Waals surface area contributed by atoms with Crippen LogP contribution in [0.15, 0.2) is 54.9 Å². The molecule has 7 heteroatoms. The summed E-state index contributed by atoms with van der Waals surface area (Å²) in [7, 11) is 1.52. The summed E-state index contributed by atoms with van der Waals surface area (Å²) in [5.41, 5.74) is 2.79. The Morgan fingerprint density at radius 1 is 1.25 bits per heavy atom. The fourth-order valence-corrected chi connectivity index (χ4v) is 3.86. The monoisotopic (exact) mass is 434 g/mol. The van der Waals surface area contributed by atoms with Crippen molar-refractivity contribution in [2.75, 3.05) is 12.4 Å². The minimum Gasteiger partial charge on any atom is -0.504 e. The van der Waals surface area contributed by atoms with Crippen LogP contribution < -0.4 is 10.1 Å². The molecule has 32 heavy (non-hydrogen) atoms. The molecule has 0 bridgehead atoms. The number of amides is 2. The van der Waals surface area contributed by atoms with Crippen molar-refractivity contribution in [1.82, 2.24) is 14.5 Å². The van der Waals surface area contributed by atoms with Crippen LogP contribution >= 0.6 is 0 Å². The molecular formula is C25H30N4O3. The van der Waals surface area contributed by atoms with Gasteiger partial charge in [-0.2, -0.15) is 0 Å². The summed E-state index contributed by atoms with van der Waals surface area (Å²) in [6, 6.07) is 13.2. The molecule has 4 rings (SSSR count). The number of phenolic OH excluding ortho intramolecular Hbond substituents is 1. The van der Waals surface area contributed by atoms with Gasteiger partial charge in [-0.15, -0.1) is 0 Å². The van der Waals surface area contributed by atoms with Gasteiger partial charge in [0.05, 0.1) is 7.11 Å². The number of nitrogens with one attached hydrogen (secondary N) is 1. The van der Waals surface area contributed by atoms with E-state index in [-0.39, 0.29) is 17.8 Å². The van der Waals surface area contributed by atoms with Gasteiger partial charge in [0, 0.05) is 43.1 Å². The van der Waals surface area contributed by atoms with E-state index in [0.29, 0.717) is 24.8 Å². The van der Waals surface area contributed by atoms with E-state index in [0.717, 1.165) is 35.5 Å². The highest BCUT2D eigenvalue weighted by Crippen LogP contribution is 2.32. The first-order valence-corrected chi connectivity index (χ1v) is 11.0. The van der Waals surface area contributed by atoms with Gasteiger partial charge in [0.2, 0.25) is 0 Å². The van der Waals surface area contributed by atoms with Crippen LogP contribution in [-0.2, 0) is 13.1 Å². The van der Waals surface area contributed by atoms with Gasteiger partial charge in [0.1, 0.15) is 5.82 Å². The van der Waals surface area contributed by atoms with Crippen LogP contribution in [0.25, 0.3) is 0 Å². The summed E-state index contributed by atoms with van der Waals surface area (Å²) in [6.45, 7) is 5.42. The molecule has 2 amide bonds. The third kappa shape index (κ3) is 5.04. The summed E-state index contributed by atoms with van der Waals surface area (Å²) in [5, 5.41) is 12.9. The molecule has 1 aromatic heterocycles. The van der Waals surface area contributed by atoms with E-state index in [2.05, 4.69) is 34.8 Å². The van der Waals surface area contributed by atoms with Crippen LogP contribution in [0.2, 0.25) is 0 Å². The number of ether oxygens (including phenoxy) is 1. The lowest BCUT2D eigenvalue weighted by molar-refractivity contribution is 0.206. The number of carbonyl (C=O) groups excluding carboxylic acids is 1. The number of nitrogens with zero attached hydrogens (tertiary/aromatic N) is 3. The van der Waals surface area contributed by atoms with E-state index in [4.69, 9.17) is 4.74 Å². The molecule has 168 valence electrons. The summed E-state index contributed by atoms with van der Waals surface area (Å²) >= 11 is 0. The Labute approximate surface area is 188 Å². The van der Waals surface area contributed by atoms with Crippen molar-refractivity contribution in [2.45, 2.75) is 51.7 Å². The topological polar surface area (TPSA) is 79.6 Å². The van der Waals surface area contributed by atoms with E-state index < -0.39 is 0 Å². The molecule has 0 radical (unpaired) electrons. The molecule has 7 nitrogen and oxygen atoms in total. The molecular weight excluding hydrogens is 404 g/mol. The van der Waals surface area contributed by atoms with Crippen molar-refractivity contribution in [3.63, 3.8) is 0 Å². The molecule has 1 aliphatic carbocycles. The quantitative estimate of drug-likeness (QED) is 0.525. The van der Waals surface area contributed by atoms with Crippen LogP contribution in [0.5, 0.6) is 11.5 Å². The number of aromatic nitrogens is 2. The highest BCUT2D eigenvalue weighted by molar-refractivity contribution is 5.89. The van der Waals surface area contributed by atoms with Crippen molar-refractivity contribution in [3.8, 4) is 11.5 Å². The summed E-state index contributed by atoms with van der Waals surface area (Å²) in [4.78, 5) is 19.4. The van der Waals surface area contributed by atoms with Crippen LogP contribution in [0.1, 0.15) is 49.6 Å². The molecule has 1 saturated carbocycles. The Bertz CT molecular complexity index is 1090. The number of carbonyl (C=O) groups is 1. The van der Waals surface area contributed by atoms with Crippen LogP contribution in [0.4, 0.5) is 10.5 Å². The molecule has 1 aliphatic rings. The average Bonchev–Trinajstić information content (AvgIpc) is 3.50. The van der Waals surface area contributed by atoms with Crippen LogP contribution in [0.3, 0.4) is 0 Å². The summed E-state index contributed by atoms with van der Waals surface area (Å²) in [5.74, 6) is 1.89. The van der Waals surface area contributed by atoms with E-state index >= 15 is 0 Å². The lowest BCUT2D eigenvalue weighted by Gasteiger charge is -2.23. The second kappa shape index (κ2) is 9.34. The predicted octanol–water partition coefficient (Wildman–Crippen LogP) is 4.97. The van der Waals surface area contributed by atoms with Crippen LogP contribution in [0, 0.1) is 0 Å². The number of urea groups is 1. The number of rotatable bonds is 8. The van der Waals surface area contributed by atoms with Gasteiger partial charge in [-0.05, 0) is 48.2 Å². The first-order valence-electron chi connectivity index (χ1n) is 11.0. The second-order valence-corrected chi connectivity index (χ2v) is 8.56. The van der Waals surface area contributed by atoms with Gasteiger partial charge in [-0.1, -0.05) is 32.0 Å². The zero-order chi connectivity index (χ0) is 22.7. The van der Waals surface area contributed by atoms with Gasteiger partial charge < -0.3 is 24.6 Å². The van der Waals surface area contributed by atoms with Crippen molar-refractivity contribution >= 4 is 11.7 Å². The zero-order valence-electron chi connectivity index (χ0n) is 18.8. The highest BCUT2D eigenvalue weighted by atomic mass is 16.5. The molecule has 0 saturated heterocycles. The summed E-state index contributed by atoms with van der Waals surface area (Å²) in [6.07, 6.45) is 5.82. The van der Waals surface area contributed by atoms with Gasteiger partial charge in [-0.3, -0.25) is 0 Å². The number of methoxy groups -OCH3 is 1. The number of imidazole rings is 1. The van der Waals surface area contributed by atoms with Crippen molar-refractivity contribution < 1.29 is 14.6 Å². The lowest BCUT2D eigenvalue weighted by Crippen LogP contribution is -2.36.